The van der Waals surface area contributed by atoms with Crippen LogP contribution in [0.1, 0.15) is 30.5 Å². The van der Waals surface area contributed by atoms with Crippen molar-refractivity contribution in [3.8, 4) is 0 Å². The van der Waals surface area contributed by atoms with Crippen LogP contribution in [0.5, 0.6) is 0 Å². The highest BCUT2D eigenvalue weighted by Gasteiger charge is 2.22. The lowest BCUT2D eigenvalue weighted by Gasteiger charge is -2.23. The van der Waals surface area contributed by atoms with Gasteiger partial charge in [0.1, 0.15) is 6.54 Å². The van der Waals surface area contributed by atoms with Gasteiger partial charge < -0.3 is 0 Å². The van der Waals surface area contributed by atoms with Gasteiger partial charge in [-0.2, -0.15) is 5.10 Å². The first-order valence-corrected chi connectivity index (χ1v) is 10.5. The summed E-state index contributed by atoms with van der Waals surface area (Å²) in [7, 11) is -3.62. The number of nitrogens with one attached hydrogen (secondary N) is 1. The molecule has 0 atom stereocenters. The van der Waals surface area contributed by atoms with Gasteiger partial charge in [-0.1, -0.05) is 55.0 Å². The summed E-state index contributed by atoms with van der Waals surface area (Å²) >= 11 is 0. The van der Waals surface area contributed by atoms with Crippen molar-refractivity contribution in [2.24, 2.45) is 5.10 Å². The topological polar surface area (TPSA) is 78.8 Å². The second-order valence-corrected chi connectivity index (χ2v) is 8.26. The Morgan fingerprint density at radius 1 is 1.11 bits per heavy atom. The normalized spacial score (nSPS) is 11.9. The van der Waals surface area contributed by atoms with E-state index in [1.54, 1.807) is 19.1 Å². The summed E-state index contributed by atoms with van der Waals surface area (Å²) in [6, 6.07) is 14.9. The van der Waals surface area contributed by atoms with Crippen molar-refractivity contribution in [1.82, 2.24) is 5.43 Å². The van der Waals surface area contributed by atoms with Crippen LogP contribution in [0.15, 0.2) is 53.6 Å². The summed E-state index contributed by atoms with van der Waals surface area (Å²) in [5.74, 6) is -0.502. The van der Waals surface area contributed by atoms with Gasteiger partial charge in [0.15, 0.2) is 0 Å². The molecule has 1 amide bonds. The van der Waals surface area contributed by atoms with Gasteiger partial charge in [-0.15, -0.1) is 0 Å². The lowest BCUT2D eigenvalue weighted by atomic mass is 10.1. The lowest BCUT2D eigenvalue weighted by molar-refractivity contribution is -0.119. The minimum Gasteiger partial charge on any atom is -0.271 e. The van der Waals surface area contributed by atoms with E-state index in [1.807, 2.05) is 50.2 Å². The Morgan fingerprint density at radius 3 is 2.33 bits per heavy atom. The summed E-state index contributed by atoms with van der Waals surface area (Å²) in [4.78, 5) is 12.3. The number of aryl methyl sites for hydroxylation is 2. The first-order valence-electron chi connectivity index (χ1n) is 8.68. The maximum atomic E-state index is 12.3. The zero-order valence-corrected chi connectivity index (χ0v) is 16.9. The third kappa shape index (κ3) is 5.65. The minimum atomic E-state index is -3.62. The van der Waals surface area contributed by atoms with Crippen molar-refractivity contribution < 1.29 is 13.2 Å². The predicted octanol–water partition coefficient (Wildman–Crippen LogP) is 2.86. The van der Waals surface area contributed by atoms with Crippen LogP contribution in [0, 0.1) is 6.92 Å². The van der Waals surface area contributed by atoms with Gasteiger partial charge >= 0.3 is 0 Å². The molecule has 0 bridgehead atoms. The van der Waals surface area contributed by atoms with Crippen molar-refractivity contribution in [3.63, 3.8) is 0 Å². The molecule has 2 aromatic rings. The predicted molar refractivity (Wildman–Crippen MR) is 110 cm³/mol. The van der Waals surface area contributed by atoms with E-state index < -0.39 is 15.9 Å². The summed E-state index contributed by atoms with van der Waals surface area (Å²) in [6.45, 7) is 5.38. The molecule has 0 saturated carbocycles. The van der Waals surface area contributed by atoms with E-state index in [0.717, 1.165) is 27.3 Å². The van der Waals surface area contributed by atoms with Crippen molar-refractivity contribution in [3.05, 3.63) is 65.2 Å². The van der Waals surface area contributed by atoms with Crippen LogP contribution in [-0.4, -0.2) is 32.8 Å². The third-order valence-electron chi connectivity index (χ3n) is 4.15. The Balaban J connectivity index is 2.17. The number of sulfonamides is 1. The Bertz CT molecular complexity index is 935. The maximum absolute atomic E-state index is 12.3. The molecular weight excluding hydrogens is 362 g/mol. The molecule has 0 unspecified atom stereocenters. The number of hydrogen-bond acceptors (Lipinski definition) is 4. The monoisotopic (exact) mass is 387 g/mol. The average molecular weight is 388 g/mol. The first kappa shape index (κ1) is 20.6. The average Bonchev–Trinajstić information content (AvgIpc) is 2.63. The zero-order chi connectivity index (χ0) is 20.0. The quantitative estimate of drug-likeness (QED) is 0.586. The number of rotatable bonds is 7. The number of hydrogen-bond donors (Lipinski definition) is 1. The Kier molecular flexibility index (Phi) is 6.74. The van der Waals surface area contributed by atoms with Gasteiger partial charge in [0.05, 0.1) is 17.7 Å². The molecule has 0 heterocycles. The zero-order valence-electron chi connectivity index (χ0n) is 16.1. The highest BCUT2D eigenvalue weighted by Crippen LogP contribution is 2.23. The van der Waals surface area contributed by atoms with Crippen molar-refractivity contribution in [1.29, 1.82) is 0 Å². The smallest absolute Gasteiger partial charge is 0.260 e. The fourth-order valence-electron chi connectivity index (χ4n) is 2.61. The SMILES string of the molecule is CCc1ccccc1N(CC(=O)N/N=C(/C)c1ccc(C)cc1)S(C)(=O)=O. The van der Waals surface area contributed by atoms with Crippen molar-refractivity contribution in [2.75, 3.05) is 17.1 Å². The highest BCUT2D eigenvalue weighted by molar-refractivity contribution is 7.92. The summed E-state index contributed by atoms with van der Waals surface area (Å²) in [6.07, 6.45) is 1.75. The third-order valence-corrected chi connectivity index (χ3v) is 5.27. The standard InChI is InChI=1S/C20H25N3O3S/c1-5-17-8-6-7-9-19(17)23(27(4,25)26)14-20(24)22-21-16(3)18-12-10-15(2)11-13-18/h6-13H,5,14H2,1-4H3,(H,22,24)/b21-16-. The van der Waals surface area contributed by atoms with E-state index in [1.165, 1.54) is 0 Å². The summed E-state index contributed by atoms with van der Waals surface area (Å²) in [5, 5.41) is 4.09. The molecule has 0 aliphatic carbocycles. The van der Waals surface area contributed by atoms with Gasteiger partial charge in [-0.25, -0.2) is 13.8 Å². The van der Waals surface area contributed by atoms with E-state index in [9.17, 15) is 13.2 Å². The molecule has 2 rings (SSSR count). The molecule has 7 heteroatoms. The van der Waals surface area contributed by atoms with E-state index in [4.69, 9.17) is 0 Å². The van der Waals surface area contributed by atoms with Crippen LogP contribution >= 0.6 is 0 Å². The van der Waals surface area contributed by atoms with E-state index in [2.05, 4.69) is 10.5 Å². The molecule has 0 aromatic heterocycles. The van der Waals surface area contributed by atoms with Gasteiger partial charge in [-0.05, 0) is 37.5 Å². The Labute approximate surface area is 161 Å². The Morgan fingerprint density at radius 2 is 1.74 bits per heavy atom. The molecule has 0 saturated heterocycles. The van der Waals surface area contributed by atoms with Crippen LogP contribution in [0.4, 0.5) is 5.69 Å². The molecule has 0 aliphatic heterocycles. The summed E-state index contributed by atoms with van der Waals surface area (Å²) < 4.78 is 25.6. The molecule has 6 nitrogen and oxygen atoms in total. The second kappa shape index (κ2) is 8.81. The maximum Gasteiger partial charge on any atom is 0.260 e. The van der Waals surface area contributed by atoms with Crippen LogP contribution in [0.3, 0.4) is 0 Å². The molecule has 0 radical (unpaired) electrons. The number of anilines is 1. The van der Waals surface area contributed by atoms with Gasteiger partial charge in [0.2, 0.25) is 10.0 Å². The lowest BCUT2D eigenvalue weighted by Crippen LogP contribution is -2.39. The molecular formula is C20H25N3O3S. The number of hydrazone groups is 1. The van der Waals surface area contributed by atoms with Crippen LogP contribution < -0.4 is 9.73 Å². The fourth-order valence-corrected chi connectivity index (χ4v) is 3.49. The van der Waals surface area contributed by atoms with E-state index in [0.29, 0.717) is 17.8 Å². The van der Waals surface area contributed by atoms with Gasteiger partial charge in [-0.3, -0.25) is 9.10 Å². The number of carbonyl (C=O) groups excluding carboxylic acids is 1. The highest BCUT2D eigenvalue weighted by atomic mass is 32.2. The largest absolute Gasteiger partial charge is 0.271 e. The van der Waals surface area contributed by atoms with Crippen LogP contribution in [0.25, 0.3) is 0 Å². The van der Waals surface area contributed by atoms with Crippen LogP contribution in [0.2, 0.25) is 0 Å². The van der Waals surface area contributed by atoms with Crippen molar-refractivity contribution >= 4 is 27.3 Å². The van der Waals surface area contributed by atoms with Gasteiger partial charge in [0.25, 0.3) is 5.91 Å². The van der Waals surface area contributed by atoms with Crippen molar-refractivity contribution in [2.45, 2.75) is 27.2 Å². The molecule has 1 N–H and O–H groups in total. The second-order valence-electron chi connectivity index (χ2n) is 6.35. The molecule has 27 heavy (non-hydrogen) atoms. The number of amides is 1. The first-order chi connectivity index (χ1) is 12.7. The van der Waals surface area contributed by atoms with Crippen LogP contribution in [-0.2, 0) is 21.2 Å². The molecule has 2 aromatic carbocycles. The number of benzene rings is 2. The molecule has 0 aliphatic rings. The Hall–Kier alpha value is -2.67. The van der Waals surface area contributed by atoms with Gasteiger partial charge in [0, 0.05) is 0 Å². The summed E-state index contributed by atoms with van der Waals surface area (Å²) in [5.41, 5.74) is 6.48. The molecule has 144 valence electrons. The number of carbonyl (C=O) groups is 1. The number of para-hydroxylation sites is 1. The fraction of sp³-hybridized carbons (Fsp3) is 0.300. The molecule has 0 fully saturated rings. The van der Waals surface area contributed by atoms with E-state index >= 15 is 0 Å². The number of nitrogens with zero attached hydrogens (tertiary/aromatic N) is 2. The minimum absolute atomic E-state index is 0.333. The molecule has 0 spiro atoms. The van der Waals surface area contributed by atoms with E-state index in [-0.39, 0.29) is 6.54 Å².